The fourth-order valence-electron chi connectivity index (χ4n) is 2.30. The average molecular weight is 293 g/mol. The standard InChI is InChI=1S/C15H20FN3S/c1-9-8-10(16)6-7-11(9)12(17-5)13-14(15(2,3)4)18-19-20-13/h6-8,12,17H,1-5H3. The van der Waals surface area contributed by atoms with Crippen LogP contribution >= 0.6 is 11.5 Å². The van der Waals surface area contributed by atoms with Crippen LogP contribution < -0.4 is 5.32 Å². The van der Waals surface area contributed by atoms with Crippen molar-refractivity contribution in [2.24, 2.45) is 0 Å². The van der Waals surface area contributed by atoms with E-state index in [9.17, 15) is 4.39 Å². The Morgan fingerprint density at radius 3 is 2.55 bits per heavy atom. The van der Waals surface area contributed by atoms with Crippen molar-refractivity contribution in [2.45, 2.75) is 39.2 Å². The van der Waals surface area contributed by atoms with Crippen molar-refractivity contribution in [2.75, 3.05) is 7.05 Å². The lowest BCUT2D eigenvalue weighted by Crippen LogP contribution is -2.23. The SMILES string of the molecule is CNC(c1ccc(F)cc1C)c1snnc1C(C)(C)C. The molecule has 0 aliphatic heterocycles. The van der Waals surface area contributed by atoms with Gasteiger partial charge in [-0.05, 0) is 48.8 Å². The number of aromatic nitrogens is 2. The maximum atomic E-state index is 13.3. The molecule has 1 atom stereocenters. The first-order valence-electron chi connectivity index (χ1n) is 6.60. The summed E-state index contributed by atoms with van der Waals surface area (Å²) in [5.41, 5.74) is 2.92. The lowest BCUT2D eigenvalue weighted by atomic mass is 9.88. The number of nitrogens with zero attached hydrogens (tertiary/aromatic N) is 2. The number of rotatable bonds is 3. The molecule has 1 aromatic carbocycles. The summed E-state index contributed by atoms with van der Waals surface area (Å²) in [6.45, 7) is 8.29. The van der Waals surface area contributed by atoms with E-state index in [1.54, 1.807) is 6.07 Å². The molecule has 0 radical (unpaired) electrons. The minimum Gasteiger partial charge on any atom is -0.309 e. The quantitative estimate of drug-likeness (QED) is 0.939. The molecule has 20 heavy (non-hydrogen) atoms. The van der Waals surface area contributed by atoms with Gasteiger partial charge in [-0.2, -0.15) is 0 Å². The maximum absolute atomic E-state index is 13.3. The largest absolute Gasteiger partial charge is 0.309 e. The predicted molar refractivity (Wildman–Crippen MR) is 80.6 cm³/mol. The van der Waals surface area contributed by atoms with E-state index in [0.29, 0.717) is 0 Å². The molecule has 0 fully saturated rings. The molecule has 0 spiro atoms. The molecule has 1 aromatic heterocycles. The summed E-state index contributed by atoms with van der Waals surface area (Å²) in [6, 6.07) is 4.88. The minimum absolute atomic E-state index is 0.00942. The van der Waals surface area contributed by atoms with Crippen LogP contribution in [0, 0.1) is 12.7 Å². The zero-order valence-corrected chi connectivity index (χ0v) is 13.3. The van der Waals surface area contributed by atoms with Crippen LogP contribution in [0.2, 0.25) is 0 Å². The van der Waals surface area contributed by atoms with Crippen LogP contribution in [0.15, 0.2) is 18.2 Å². The third-order valence-electron chi connectivity index (χ3n) is 3.32. The fourth-order valence-corrected chi connectivity index (χ4v) is 3.29. The molecule has 2 aromatic rings. The molecule has 5 heteroatoms. The molecule has 0 aliphatic carbocycles. The maximum Gasteiger partial charge on any atom is 0.123 e. The molecule has 0 bridgehead atoms. The number of benzene rings is 1. The van der Waals surface area contributed by atoms with E-state index in [-0.39, 0.29) is 17.3 Å². The number of hydrogen-bond acceptors (Lipinski definition) is 4. The Kier molecular flexibility index (Phi) is 4.20. The van der Waals surface area contributed by atoms with Gasteiger partial charge in [0.25, 0.3) is 0 Å². The van der Waals surface area contributed by atoms with Crippen molar-refractivity contribution in [3.63, 3.8) is 0 Å². The number of halogens is 1. The van der Waals surface area contributed by atoms with Gasteiger partial charge in [0, 0.05) is 5.41 Å². The molecule has 0 aliphatic rings. The van der Waals surface area contributed by atoms with Gasteiger partial charge >= 0.3 is 0 Å². The second-order valence-corrected chi connectivity index (χ2v) is 6.74. The topological polar surface area (TPSA) is 37.8 Å². The molecule has 1 heterocycles. The zero-order valence-electron chi connectivity index (χ0n) is 12.5. The highest BCUT2D eigenvalue weighted by Gasteiger charge is 2.28. The van der Waals surface area contributed by atoms with Gasteiger partial charge in [0.2, 0.25) is 0 Å². The van der Waals surface area contributed by atoms with E-state index in [2.05, 4.69) is 35.7 Å². The fraction of sp³-hybridized carbons (Fsp3) is 0.467. The molecule has 108 valence electrons. The highest BCUT2D eigenvalue weighted by Crippen LogP contribution is 2.34. The molecule has 0 saturated heterocycles. The van der Waals surface area contributed by atoms with Gasteiger partial charge in [-0.15, -0.1) is 5.10 Å². The van der Waals surface area contributed by atoms with E-state index < -0.39 is 0 Å². The average Bonchev–Trinajstić information content (AvgIpc) is 2.81. The Labute approximate surface area is 123 Å². The van der Waals surface area contributed by atoms with Crippen LogP contribution in [0.1, 0.15) is 48.5 Å². The predicted octanol–water partition coefficient (Wildman–Crippen LogP) is 3.59. The Morgan fingerprint density at radius 1 is 1.30 bits per heavy atom. The summed E-state index contributed by atoms with van der Waals surface area (Å²) in [7, 11) is 1.90. The van der Waals surface area contributed by atoms with E-state index in [1.807, 2.05) is 20.0 Å². The van der Waals surface area contributed by atoms with E-state index in [0.717, 1.165) is 21.7 Å². The molecule has 3 nitrogen and oxygen atoms in total. The highest BCUT2D eigenvalue weighted by molar-refractivity contribution is 7.05. The Balaban J connectivity index is 2.51. The van der Waals surface area contributed by atoms with Crippen LogP contribution in [0.25, 0.3) is 0 Å². The van der Waals surface area contributed by atoms with Gasteiger partial charge in [0.15, 0.2) is 0 Å². The molecule has 1 unspecified atom stereocenters. The van der Waals surface area contributed by atoms with Crippen molar-refractivity contribution >= 4 is 11.5 Å². The normalized spacial score (nSPS) is 13.5. The Hall–Kier alpha value is -1.33. The van der Waals surface area contributed by atoms with Crippen LogP contribution in [0.3, 0.4) is 0 Å². The van der Waals surface area contributed by atoms with Gasteiger partial charge in [-0.25, -0.2) is 4.39 Å². The van der Waals surface area contributed by atoms with Crippen molar-refractivity contribution < 1.29 is 4.39 Å². The molecule has 0 saturated carbocycles. The summed E-state index contributed by atoms with van der Waals surface area (Å²) in [6.07, 6.45) is 0. The van der Waals surface area contributed by atoms with Gasteiger partial charge in [0.05, 0.1) is 16.6 Å². The second-order valence-electron chi connectivity index (χ2n) is 5.96. The van der Waals surface area contributed by atoms with Crippen molar-refractivity contribution in [3.05, 3.63) is 45.7 Å². The van der Waals surface area contributed by atoms with Crippen molar-refractivity contribution in [1.82, 2.24) is 14.9 Å². The van der Waals surface area contributed by atoms with E-state index in [1.165, 1.54) is 17.6 Å². The summed E-state index contributed by atoms with van der Waals surface area (Å²) in [4.78, 5) is 1.09. The van der Waals surface area contributed by atoms with Crippen LogP contribution in [0.4, 0.5) is 4.39 Å². The smallest absolute Gasteiger partial charge is 0.123 e. The Bertz CT molecular complexity index is 601. The summed E-state index contributed by atoms with van der Waals surface area (Å²) < 4.78 is 17.4. The lowest BCUT2D eigenvalue weighted by Gasteiger charge is -2.23. The van der Waals surface area contributed by atoms with Crippen LogP contribution in [-0.4, -0.2) is 16.6 Å². The van der Waals surface area contributed by atoms with Crippen molar-refractivity contribution in [3.8, 4) is 0 Å². The molecular weight excluding hydrogens is 273 g/mol. The summed E-state index contributed by atoms with van der Waals surface area (Å²) in [5, 5.41) is 7.58. The lowest BCUT2D eigenvalue weighted by molar-refractivity contribution is 0.548. The monoisotopic (exact) mass is 293 g/mol. The first kappa shape index (κ1) is 15.1. The number of hydrogen-bond donors (Lipinski definition) is 1. The summed E-state index contributed by atoms with van der Waals surface area (Å²) in [5.74, 6) is -0.209. The molecule has 2 rings (SSSR count). The van der Waals surface area contributed by atoms with E-state index >= 15 is 0 Å². The second kappa shape index (κ2) is 5.58. The van der Waals surface area contributed by atoms with Crippen LogP contribution in [0.5, 0.6) is 0 Å². The third kappa shape index (κ3) is 2.88. The third-order valence-corrected chi connectivity index (χ3v) is 4.11. The number of nitrogens with one attached hydrogen (secondary N) is 1. The molecule has 1 N–H and O–H groups in total. The molecule has 0 amide bonds. The van der Waals surface area contributed by atoms with E-state index in [4.69, 9.17) is 0 Å². The Morgan fingerprint density at radius 2 is 2.00 bits per heavy atom. The molecular formula is C15H20FN3S. The minimum atomic E-state index is -0.209. The van der Waals surface area contributed by atoms with Crippen LogP contribution in [-0.2, 0) is 5.41 Å². The van der Waals surface area contributed by atoms with Gasteiger partial charge in [-0.1, -0.05) is 31.3 Å². The first-order chi connectivity index (χ1) is 9.34. The first-order valence-corrected chi connectivity index (χ1v) is 7.38. The van der Waals surface area contributed by atoms with Gasteiger partial charge in [-0.3, -0.25) is 0 Å². The summed E-state index contributed by atoms with van der Waals surface area (Å²) >= 11 is 1.40. The van der Waals surface area contributed by atoms with Crippen molar-refractivity contribution in [1.29, 1.82) is 0 Å². The zero-order chi connectivity index (χ0) is 14.9. The highest BCUT2D eigenvalue weighted by atomic mass is 32.1. The van der Waals surface area contributed by atoms with Gasteiger partial charge in [0.1, 0.15) is 5.82 Å². The number of aryl methyl sites for hydroxylation is 1. The van der Waals surface area contributed by atoms with Gasteiger partial charge < -0.3 is 5.32 Å².